The molecule has 86 valence electrons. The second kappa shape index (κ2) is 12.7. The monoisotopic (exact) mass is 210 g/mol. The molecule has 0 aliphatic carbocycles. The number of aldehydes is 1. The van der Waals surface area contributed by atoms with Gasteiger partial charge in [-0.1, -0.05) is 39.8 Å². The summed E-state index contributed by atoms with van der Waals surface area (Å²) in [7, 11) is 0. The highest BCUT2D eigenvalue weighted by Gasteiger charge is 1.91. The summed E-state index contributed by atoms with van der Waals surface area (Å²) >= 11 is 0. The normalized spacial score (nSPS) is 7.73. The third-order valence-electron chi connectivity index (χ3n) is 1.49. The average Bonchev–Trinajstić information content (AvgIpc) is 2.34. The molecule has 0 atom stereocenters. The van der Waals surface area contributed by atoms with Crippen molar-refractivity contribution >= 4 is 6.29 Å². The Balaban J connectivity index is 0. The maximum Gasteiger partial charge on any atom is 0.120 e. The minimum atomic E-state index is 0.264. The van der Waals surface area contributed by atoms with Crippen LogP contribution in [0.25, 0.3) is 0 Å². The molecule has 2 nitrogen and oxygen atoms in total. The fourth-order valence-corrected chi connectivity index (χ4v) is 0.888. The Morgan fingerprint density at radius 1 is 1.07 bits per heavy atom. The highest BCUT2D eigenvalue weighted by molar-refractivity contribution is 5.50. The van der Waals surface area contributed by atoms with Crippen molar-refractivity contribution in [3.63, 3.8) is 0 Å². The van der Waals surface area contributed by atoms with Crippen LogP contribution in [-0.4, -0.2) is 11.4 Å². The van der Waals surface area contributed by atoms with E-state index in [1.807, 2.05) is 39.8 Å². The zero-order valence-corrected chi connectivity index (χ0v) is 10.2. The van der Waals surface area contributed by atoms with E-state index >= 15 is 0 Å². The van der Waals surface area contributed by atoms with Gasteiger partial charge in [-0.05, 0) is 24.1 Å². The predicted octanol–water partition coefficient (Wildman–Crippen LogP) is 3.58. The maximum atomic E-state index is 10.00. The topological polar surface area (TPSA) is 37.3 Å². The van der Waals surface area contributed by atoms with Crippen LogP contribution in [-0.2, 0) is 11.2 Å². The molecule has 0 fully saturated rings. The largest absolute Gasteiger partial charge is 0.508 e. The lowest BCUT2D eigenvalue weighted by atomic mass is 10.1. The van der Waals surface area contributed by atoms with E-state index < -0.39 is 0 Å². The van der Waals surface area contributed by atoms with Gasteiger partial charge in [0.2, 0.25) is 0 Å². The molecule has 0 heterocycles. The summed E-state index contributed by atoms with van der Waals surface area (Å²) in [6.45, 7) is 8.00. The minimum absolute atomic E-state index is 0.264. The standard InChI is InChI=1S/C9H10O2.2C2H6/c10-7-1-2-8-3-5-9(11)6-4-8;2*1-2/h3-7,11H,1-2H2;2*1-2H3. The number of aryl methyl sites for hydroxylation is 1. The Morgan fingerprint density at radius 3 is 1.93 bits per heavy atom. The van der Waals surface area contributed by atoms with Crippen LogP contribution in [0.15, 0.2) is 24.3 Å². The Labute approximate surface area is 93.0 Å². The number of aromatic hydroxyl groups is 1. The summed E-state index contributed by atoms with van der Waals surface area (Å²) in [6, 6.07) is 6.89. The molecule has 0 bridgehead atoms. The van der Waals surface area contributed by atoms with Crippen molar-refractivity contribution < 1.29 is 9.90 Å². The number of benzene rings is 1. The molecule has 0 aliphatic heterocycles. The van der Waals surface area contributed by atoms with Crippen molar-refractivity contribution in [2.24, 2.45) is 0 Å². The number of carbonyl (C=O) groups is 1. The lowest BCUT2D eigenvalue weighted by Crippen LogP contribution is -1.84. The first-order chi connectivity index (χ1) is 7.33. The van der Waals surface area contributed by atoms with Gasteiger partial charge in [-0.15, -0.1) is 0 Å². The molecule has 1 rings (SSSR count). The SMILES string of the molecule is CC.CC.O=CCCc1ccc(O)cc1. The first kappa shape index (κ1) is 16.1. The van der Waals surface area contributed by atoms with E-state index in [0.29, 0.717) is 6.42 Å². The lowest BCUT2D eigenvalue weighted by molar-refractivity contribution is -0.107. The lowest BCUT2D eigenvalue weighted by Gasteiger charge is -1.96. The van der Waals surface area contributed by atoms with Crippen LogP contribution in [0.3, 0.4) is 0 Å². The smallest absolute Gasteiger partial charge is 0.120 e. The zero-order valence-electron chi connectivity index (χ0n) is 10.2. The van der Waals surface area contributed by atoms with Crippen molar-refractivity contribution in [3.05, 3.63) is 29.8 Å². The number of phenolic OH excluding ortho intramolecular Hbond substituents is 1. The van der Waals surface area contributed by atoms with E-state index in [9.17, 15) is 4.79 Å². The average molecular weight is 210 g/mol. The molecule has 0 spiro atoms. The predicted molar refractivity (Wildman–Crippen MR) is 65.2 cm³/mol. The summed E-state index contributed by atoms with van der Waals surface area (Å²) in [6.07, 6.45) is 2.20. The summed E-state index contributed by atoms with van der Waals surface area (Å²) in [5.41, 5.74) is 1.08. The molecule has 1 N–H and O–H groups in total. The minimum Gasteiger partial charge on any atom is -0.508 e. The second-order valence-electron chi connectivity index (χ2n) is 2.37. The van der Waals surface area contributed by atoms with E-state index in [1.54, 1.807) is 12.1 Å². The Hall–Kier alpha value is -1.31. The van der Waals surface area contributed by atoms with Crippen LogP contribution in [0.4, 0.5) is 0 Å². The summed E-state index contributed by atoms with van der Waals surface area (Å²) in [5, 5.41) is 8.91. The number of carbonyl (C=O) groups excluding carboxylic acids is 1. The van der Waals surface area contributed by atoms with Crippen molar-refractivity contribution in [2.45, 2.75) is 40.5 Å². The molecule has 0 unspecified atom stereocenters. The molecule has 0 aromatic heterocycles. The van der Waals surface area contributed by atoms with E-state index in [2.05, 4.69) is 0 Å². The molecule has 2 heteroatoms. The molecule has 1 aromatic carbocycles. The summed E-state index contributed by atoms with van der Waals surface area (Å²) in [4.78, 5) is 10.00. The van der Waals surface area contributed by atoms with Gasteiger partial charge in [-0.2, -0.15) is 0 Å². The summed E-state index contributed by atoms with van der Waals surface area (Å²) in [5.74, 6) is 0.264. The highest BCUT2D eigenvalue weighted by atomic mass is 16.3. The van der Waals surface area contributed by atoms with E-state index in [-0.39, 0.29) is 5.75 Å². The first-order valence-corrected chi connectivity index (χ1v) is 5.54. The molecular formula is C13H22O2. The van der Waals surface area contributed by atoms with Gasteiger partial charge in [0.1, 0.15) is 12.0 Å². The molecule has 0 radical (unpaired) electrons. The first-order valence-electron chi connectivity index (χ1n) is 5.54. The number of phenols is 1. The number of hydrogen-bond acceptors (Lipinski definition) is 2. The van der Waals surface area contributed by atoms with Gasteiger partial charge in [-0.25, -0.2) is 0 Å². The molecule has 0 saturated carbocycles. The van der Waals surface area contributed by atoms with Gasteiger partial charge < -0.3 is 9.90 Å². The van der Waals surface area contributed by atoms with Crippen LogP contribution >= 0.6 is 0 Å². The van der Waals surface area contributed by atoms with Crippen molar-refractivity contribution in [1.29, 1.82) is 0 Å². The van der Waals surface area contributed by atoms with Crippen molar-refractivity contribution in [3.8, 4) is 5.75 Å². The molecule has 0 aliphatic rings. The number of rotatable bonds is 3. The Kier molecular flexibility index (Phi) is 13.6. The van der Waals surface area contributed by atoms with Gasteiger partial charge in [0.25, 0.3) is 0 Å². The van der Waals surface area contributed by atoms with Gasteiger partial charge in [0.15, 0.2) is 0 Å². The van der Waals surface area contributed by atoms with Gasteiger partial charge >= 0.3 is 0 Å². The Bertz CT molecular complexity index is 227. The zero-order chi connectivity index (χ0) is 12.1. The molecule has 0 amide bonds. The van der Waals surface area contributed by atoms with Gasteiger partial charge in [-0.3, -0.25) is 0 Å². The maximum absolute atomic E-state index is 10.00. The molecule has 1 aromatic rings. The van der Waals surface area contributed by atoms with Gasteiger partial charge in [0.05, 0.1) is 0 Å². The van der Waals surface area contributed by atoms with E-state index in [4.69, 9.17) is 5.11 Å². The second-order valence-corrected chi connectivity index (χ2v) is 2.37. The van der Waals surface area contributed by atoms with Crippen molar-refractivity contribution in [2.75, 3.05) is 0 Å². The molecule has 0 saturated heterocycles. The quantitative estimate of drug-likeness (QED) is 0.774. The Morgan fingerprint density at radius 2 is 1.53 bits per heavy atom. The fraction of sp³-hybridized carbons (Fsp3) is 0.462. The van der Waals surface area contributed by atoms with Crippen LogP contribution in [0.1, 0.15) is 39.7 Å². The summed E-state index contributed by atoms with van der Waals surface area (Å²) < 4.78 is 0. The van der Waals surface area contributed by atoms with Crippen LogP contribution in [0, 0.1) is 0 Å². The van der Waals surface area contributed by atoms with Crippen LogP contribution < -0.4 is 0 Å². The van der Waals surface area contributed by atoms with Gasteiger partial charge in [0, 0.05) is 6.42 Å². The number of hydrogen-bond donors (Lipinski definition) is 1. The van der Waals surface area contributed by atoms with E-state index in [1.165, 1.54) is 0 Å². The van der Waals surface area contributed by atoms with Crippen LogP contribution in [0.2, 0.25) is 0 Å². The highest BCUT2D eigenvalue weighted by Crippen LogP contribution is 2.10. The molecular weight excluding hydrogens is 188 g/mol. The van der Waals surface area contributed by atoms with E-state index in [0.717, 1.165) is 18.3 Å². The molecule has 15 heavy (non-hydrogen) atoms. The third kappa shape index (κ3) is 9.01. The fourth-order valence-electron chi connectivity index (χ4n) is 0.888. The third-order valence-corrected chi connectivity index (χ3v) is 1.49. The van der Waals surface area contributed by atoms with Crippen LogP contribution in [0.5, 0.6) is 5.75 Å². The van der Waals surface area contributed by atoms with Crippen molar-refractivity contribution in [1.82, 2.24) is 0 Å².